The van der Waals surface area contributed by atoms with E-state index in [1.807, 2.05) is 0 Å². The second-order valence-electron chi connectivity index (χ2n) is 3.82. The molecular formula is C11H12O5. The third kappa shape index (κ3) is 1.49. The van der Waals surface area contributed by atoms with Crippen molar-refractivity contribution in [3.63, 3.8) is 0 Å². The van der Waals surface area contributed by atoms with Gasteiger partial charge >= 0.3 is 5.97 Å². The summed E-state index contributed by atoms with van der Waals surface area (Å²) in [4.78, 5) is 11.6. The number of carbonyl (C=O) groups excluding carboxylic acids is 1. The molecule has 3 N–H and O–H groups in total. The van der Waals surface area contributed by atoms with Gasteiger partial charge in [-0.1, -0.05) is 0 Å². The number of aliphatic hydroxyl groups is 1. The fraction of sp³-hybridized carbons (Fsp3) is 0.364. The Kier molecular flexibility index (Phi) is 2.47. The Morgan fingerprint density at radius 1 is 1.50 bits per heavy atom. The molecule has 0 aromatic heterocycles. The highest BCUT2D eigenvalue weighted by Crippen LogP contribution is 2.36. The largest absolute Gasteiger partial charge is 0.508 e. The minimum absolute atomic E-state index is 0.0670. The number of hydrogen-bond donors (Lipinski definition) is 3. The Hall–Kier alpha value is -1.75. The summed E-state index contributed by atoms with van der Waals surface area (Å²) < 4.78 is 4.91. The highest BCUT2D eigenvalue weighted by atomic mass is 16.6. The number of fused-ring (bicyclic) bond motifs is 1. The molecule has 2 rings (SSSR count). The molecule has 0 fully saturated rings. The van der Waals surface area contributed by atoms with E-state index in [-0.39, 0.29) is 29.2 Å². The van der Waals surface area contributed by atoms with Crippen LogP contribution < -0.4 is 0 Å². The molecule has 0 amide bonds. The molecule has 16 heavy (non-hydrogen) atoms. The number of phenols is 2. The quantitative estimate of drug-likeness (QED) is 0.604. The second kappa shape index (κ2) is 3.68. The molecule has 1 heterocycles. The fourth-order valence-electron chi connectivity index (χ4n) is 1.79. The Labute approximate surface area is 91.9 Å². The SMILES string of the molecule is Cc1c(O)cc2c(c1O)C(=O)OC(CO)C2. The van der Waals surface area contributed by atoms with Gasteiger partial charge < -0.3 is 20.1 Å². The van der Waals surface area contributed by atoms with Crippen molar-refractivity contribution in [2.45, 2.75) is 19.4 Å². The maximum absolute atomic E-state index is 11.6. The summed E-state index contributed by atoms with van der Waals surface area (Å²) >= 11 is 0. The predicted octanol–water partition coefficient (Wildman–Crippen LogP) is 0.480. The lowest BCUT2D eigenvalue weighted by atomic mass is 9.95. The lowest BCUT2D eigenvalue weighted by molar-refractivity contribution is 0.00895. The standard InChI is InChI=1S/C11H12O5/c1-5-8(13)3-6-2-7(4-12)16-11(15)9(6)10(5)14/h3,7,12-14H,2,4H2,1H3. The van der Waals surface area contributed by atoms with Crippen LogP contribution in [0.3, 0.4) is 0 Å². The van der Waals surface area contributed by atoms with Crippen molar-refractivity contribution in [1.82, 2.24) is 0 Å². The van der Waals surface area contributed by atoms with E-state index in [9.17, 15) is 15.0 Å². The maximum atomic E-state index is 11.6. The van der Waals surface area contributed by atoms with Gasteiger partial charge in [0.15, 0.2) is 0 Å². The number of ether oxygens (including phenoxy) is 1. The highest BCUT2D eigenvalue weighted by Gasteiger charge is 2.30. The first-order valence-corrected chi connectivity index (χ1v) is 4.90. The van der Waals surface area contributed by atoms with E-state index >= 15 is 0 Å². The maximum Gasteiger partial charge on any atom is 0.342 e. The number of rotatable bonds is 1. The molecule has 0 radical (unpaired) electrons. The summed E-state index contributed by atoms with van der Waals surface area (Å²) in [7, 11) is 0. The predicted molar refractivity (Wildman–Crippen MR) is 54.5 cm³/mol. The van der Waals surface area contributed by atoms with E-state index in [1.165, 1.54) is 13.0 Å². The van der Waals surface area contributed by atoms with Gasteiger partial charge in [-0.15, -0.1) is 0 Å². The van der Waals surface area contributed by atoms with Gasteiger partial charge in [-0.25, -0.2) is 4.79 Å². The Bertz CT molecular complexity index is 452. The number of benzene rings is 1. The lowest BCUT2D eigenvalue weighted by Gasteiger charge is -2.24. The smallest absolute Gasteiger partial charge is 0.342 e. The molecule has 5 nitrogen and oxygen atoms in total. The molecular weight excluding hydrogens is 212 g/mol. The Morgan fingerprint density at radius 3 is 2.81 bits per heavy atom. The topological polar surface area (TPSA) is 87.0 Å². The first-order valence-electron chi connectivity index (χ1n) is 4.90. The normalized spacial score (nSPS) is 19.1. The number of hydrogen-bond acceptors (Lipinski definition) is 5. The van der Waals surface area contributed by atoms with Gasteiger partial charge in [0.05, 0.1) is 6.61 Å². The van der Waals surface area contributed by atoms with Crippen LogP contribution in [0.2, 0.25) is 0 Å². The van der Waals surface area contributed by atoms with Crippen LogP contribution in [-0.4, -0.2) is 34.0 Å². The number of cyclic esters (lactones) is 1. The Morgan fingerprint density at radius 2 is 2.19 bits per heavy atom. The number of esters is 1. The number of aromatic hydroxyl groups is 2. The number of aliphatic hydroxyl groups excluding tert-OH is 1. The van der Waals surface area contributed by atoms with Gasteiger partial charge in [0.1, 0.15) is 23.2 Å². The average Bonchev–Trinajstić information content (AvgIpc) is 2.25. The third-order valence-electron chi connectivity index (χ3n) is 2.74. The van der Waals surface area contributed by atoms with Crippen LogP contribution in [0.15, 0.2) is 6.07 Å². The first-order chi connectivity index (χ1) is 7.54. The monoisotopic (exact) mass is 224 g/mol. The van der Waals surface area contributed by atoms with Crippen LogP contribution in [0.5, 0.6) is 11.5 Å². The molecule has 0 aliphatic carbocycles. The summed E-state index contributed by atoms with van der Waals surface area (Å²) in [5, 5.41) is 28.2. The summed E-state index contributed by atoms with van der Waals surface area (Å²) in [5.74, 6) is -0.986. The molecule has 0 bridgehead atoms. The van der Waals surface area contributed by atoms with E-state index in [4.69, 9.17) is 9.84 Å². The van der Waals surface area contributed by atoms with Crippen LogP contribution >= 0.6 is 0 Å². The van der Waals surface area contributed by atoms with E-state index in [0.29, 0.717) is 12.0 Å². The van der Waals surface area contributed by atoms with Crippen molar-refractivity contribution < 1.29 is 24.9 Å². The molecule has 1 aliphatic rings. The zero-order valence-corrected chi connectivity index (χ0v) is 8.73. The van der Waals surface area contributed by atoms with E-state index in [0.717, 1.165) is 0 Å². The van der Waals surface area contributed by atoms with Crippen LogP contribution in [0.1, 0.15) is 21.5 Å². The third-order valence-corrected chi connectivity index (χ3v) is 2.74. The molecule has 0 saturated carbocycles. The van der Waals surface area contributed by atoms with Crippen molar-refractivity contribution in [3.05, 3.63) is 22.8 Å². The fourth-order valence-corrected chi connectivity index (χ4v) is 1.79. The van der Waals surface area contributed by atoms with Crippen molar-refractivity contribution in [1.29, 1.82) is 0 Å². The molecule has 1 aromatic rings. The van der Waals surface area contributed by atoms with Gasteiger partial charge in [-0.3, -0.25) is 0 Å². The van der Waals surface area contributed by atoms with E-state index < -0.39 is 12.1 Å². The van der Waals surface area contributed by atoms with Crippen LogP contribution in [0, 0.1) is 6.92 Å². The Balaban J connectivity index is 2.57. The highest BCUT2D eigenvalue weighted by molar-refractivity contribution is 5.96. The number of phenolic OH excluding ortho intramolecular Hbond substituents is 2. The minimum Gasteiger partial charge on any atom is -0.508 e. The van der Waals surface area contributed by atoms with Gasteiger partial charge in [0, 0.05) is 12.0 Å². The second-order valence-corrected chi connectivity index (χ2v) is 3.82. The van der Waals surface area contributed by atoms with Crippen molar-refractivity contribution in [3.8, 4) is 11.5 Å². The van der Waals surface area contributed by atoms with E-state index in [1.54, 1.807) is 0 Å². The summed E-state index contributed by atoms with van der Waals surface area (Å²) in [6.45, 7) is 1.23. The van der Waals surface area contributed by atoms with Gasteiger partial charge in [0.25, 0.3) is 0 Å². The lowest BCUT2D eigenvalue weighted by Crippen LogP contribution is -2.30. The molecule has 0 saturated heterocycles. The minimum atomic E-state index is -0.666. The van der Waals surface area contributed by atoms with Gasteiger partial charge in [0.2, 0.25) is 0 Å². The molecule has 5 heteroatoms. The molecule has 1 atom stereocenters. The summed E-state index contributed by atoms with van der Waals surface area (Å²) in [5.41, 5.74) is 0.828. The van der Waals surface area contributed by atoms with Crippen LogP contribution in [0.25, 0.3) is 0 Å². The van der Waals surface area contributed by atoms with E-state index in [2.05, 4.69) is 0 Å². The zero-order valence-electron chi connectivity index (χ0n) is 8.73. The van der Waals surface area contributed by atoms with Gasteiger partial charge in [-0.05, 0) is 18.6 Å². The number of carbonyl (C=O) groups is 1. The molecule has 0 spiro atoms. The van der Waals surface area contributed by atoms with Crippen LogP contribution in [-0.2, 0) is 11.2 Å². The van der Waals surface area contributed by atoms with Crippen molar-refractivity contribution in [2.24, 2.45) is 0 Å². The molecule has 86 valence electrons. The van der Waals surface area contributed by atoms with Crippen molar-refractivity contribution >= 4 is 5.97 Å². The average molecular weight is 224 g/mol. The first kappa shape index (κ1) is 10.8. The molecule has 1 aliphatic heterocycles. The zero-order chi connectivity index (χ0) is 11.9. The molecule has 1 aromatic carbocycles. The van der Waals surface area contributed by atoms with Crippen molar-refractivity contribution in [2.75, 3.05) is 6.61 Å². The summed E-state index contributed by atoms with van der Waals surface area (Å²) in [6.07, 6.45) is -0.319. The molecule has 1 unspecified atom stereocenters. The summed E-state index contributed by atoms with van der Waals surface area (Å²) in [6, 6.07) is 1.42. The van der Waals surface area contributed by atoms with Gasteiger partial charge in [-0.2, -0.15) is 0 Å². The van der Waals surface area contributed by atoms with Crippen LogP contribution in [0.4, 0.5) is 0 Å².